The highest BCUT2D eigenvalue weighted by atomic mass is 35.5. The van der Waals surface area contributed by atoms with Gasteiger partial charge in [0, 0.05) is 19.5 Å². The maximum absolute atomic E-state index is 12.2. The highest BCUT2D eigenvalue weighted by molar-refractivity contribution is 7.89. The number of rotatable bonds is 10. The molecule has 0 aromatic heterocycles. The van der Waals surface area contributed by atoms with Gasteiger partial charge < -0.3 is 10.1 Å². The predicted octanol–water partition coefficient (Wildman–Crippen LogP) is 3.42. The molecule has 1 amide bonds. The Hall–Kier alpha value is -1.80. The number of benzene rings is 2. The van der Waals surface area contributed by atoms with E-state index in [-0.39, 0.29) is 23.8 Å². The summed E-state index contributed by atoms with van der Waals surface area (Å²) in [7, 11) is -3.68. The number of carbonyl (C=O) groups excluding carboxylic acids is 1. The van der Waals surface area contributed by atoms with E-state index in [1.807, 2.05) is 13.0 Å². The van der Waals surface area contributed by atoms with Crippen LogP contribution in [0.4, 0.5) is 0 Å². The first-order valence-electron chi connectivity index (χ1n) is 8.75. The molecule has 0 unspecified atom stereocenters. The van der Waals surface area contributed by atoms with Gasteiger partial charge >= 0.3 is 0 Å². The van der Waals surface area contributed by atoms with Crippen LogP contribution >= 0.6 is 23.2 Å². The van der Waals surface area contributed by atoms with Crippen LogP contribution in [0.5, 0.6) is 5.75 Å². The lowest BCUT2D eigenvalue weighted by Crippen LogP contribution is -2.31. The molecule has 0 heterocycles. The molecule has 6 nitrogen and oxygen atoms in total. The predicted molar refractivity (Wildman–Crippen MR) is 111 cm³/mol. The molecule has 2 aromatic carbocycles. The Kier molecular flexibility index (Phi) is 8.57. The van der Waals surface area contributed by atoms with Crippen molar-refractivity contribution in [3.63, 3.8) is 0 Å². The molecule has 0 spiro atoms. The normalized spacial score (nSPS) is 11.2. The van der Waals surface area contributed by atoms with E-state index < -0.39 is 10.0 Å². The van der Waals surface area contributed by atoms with Crippen LogP contribution in [0.15, 0.2) is 47.4 Å². The SMILES string of the molecule is CCOc1ccc(S(=O)(=O)NCCC(=O)NCCc2cccc(Cl)c2Cl)cc1. The monoisotopic (exact) mass is 444 g/mol. The van der Waals surface area contributed by atoms with Crippen LogP contribution in [0.1, 0.15) is 18.9 Å². The van der Waals surface area contributed by atoms with Crippen molar-refractivity contribution in [2.24, 2.45) is 0 Å². The number of amides is 1. The van der Waals surface area contributed by atoms with E-state index in [2.05, 4.69) is 10.0 Å². The molecule has 0 atom stereocenters. The van der Waals surface area contributed by atoms with Gasteiger partial charge in [0.2, 0.25) is 15.9 Å². The molecular weight excluding hydrogens is 423 g/mol. The number of halogens is 2. The van der Waals surface area contributed by atoms with Crippen LogP contribution in [0, 0.1) is 0 Å². The Balaban J connectivity index is 1.75. The minimum absolute atomic E-state index is 0.000695. The first-order chi connectivity index (χ1) is 13.3. The number of sulfonamides is 1. The van der Waals surface area contributed by atoms with Gasteiger partial charge in [0.15, 0.2) is 0 Å². The quantitative estimate of drug-likeness (QED) is 0.587. The molecule has 2 aromatic rings. The fraction of sp³-hybridized carbons (Fsp3) is 0.316. The lowest BCUT2D eigenvalue weighted by Gasteiger charge is -2.09. The maximum atomic E-state index is 12.2. The average Bonchev–Trinajstić information content (AvgIpc) is 2.66. The van der Waals surface area contributed by atoms with Gasteiger partial charge in [-0.05, 0) is 49.2 Å². The lowest BCUT2D eigenvalue weighted by atomic mass is 10.1. The van der Waals surface area contributed by atoms with Crippen molar-refractivity contribution < 1.29 is 17.9 Å². The van der Waals surface area contributed by atoms with Crippen LogP contribution in [0.3, 0.4) is 0 Å². The Labute approximate surface area is 175 Å². The van der Waals surface area contributed by atoms with E-state index in [1.165, 1.54) is 12.1 Å². The molecule has 0 saturated heterocycles. The number of carbonyl (C=O) groups is 1. The van der Waals surface area contributed by atoms with Gasteiger partial charge in [-0.15, -0.1) is 0 Å². The van der Waals surface area contributed by atoms with Crippen LogP contribution in [0.2, 0.25) is 10.0 Å². The molecular formula is C19H22Cl2N2O4S. The second-order valence-corrected chi connectivity index (χ2v) is 8.42. The largest absolute Gasteiger partial charge is 0.494 e. The Morgan fingerprint density at radius 3 is 2.46 bits per heavy atom. The number of ether oxygens (including phenoxy) is 1. The summed E-state index contributed by atoms with van der Waals surface area (Å²) in [6.45, 7) is 2.73. The van der Waals surface area contributed by atoms with Crippen LogP contribution in [0.25, 0.3) is 0 Å². The van der Waals surface area contributed by atoms with Crippen LogP contribution in [-0.4, -0.2) is 34.0 Å². The average molecular weight is 445 g/mol. The highest BCUT2D eigenvalue weighted by Gasteiger charge is 2.14. The Morgan fingerprint density at radius 2 is 1.79 bits per heavy atom. The van der Waals surface area contributed by atoms with E-state index in [0.29, 0.717) is 35.4 Å². The summed E-state index contributed by atoms with van der Waals surface area (Å²) in [6.07, 6.45) is 0.558. The summed E-state index contributed by atoms with van der Waals surface area (Å²) >= 11 is 12.0. The molecule has 0 bridgehead atoms. The van der Waals surface area contributed by atoms with Gasteiger partial charge in [0.05, 0.1) is 21.5 Å². The molecule has 28 heavy (non-hydrogen) atoms. The van der Waals surface area contributed by atoms with E-state index >= 15 is 0 Å². The Morgan fingerprint density at radius 1 is 1.07 bits per heavy atom. The molecule has 0 aliphatic carbocycles. The third kappa shape index (κ3) is 6.67. The van der Waals surface area contributed by atoms with Gasteiger partial charge in [-0.3, -0.25) is 4.79 Å². The van der Waals surface area contributed by atoms with Crippen molar-refractivity contribution in [3.05, 3.63) is 58.1 Å². The zero-order valence-electron chi connectivity index (χ0n) is 15.4. The first-order valence-corrected chi connectivity index (χ1v) is 11.0. The summed E-state index contributed by atoms with van der Waals surface area (Å²) < 4.78 is 32.2. The zero-order valence-corrected chi connectivity index (χ0v) is 17.7. The molecule has 0 aliphatic heterocycles. The summed E-state index contributed by atoms with van der Waals surface area (Å²) in [6, 6.07) is 11.4. The fourth-order valence-corrected chi connectivity index (χ4v) is 3.88. The zero-order chi connectivity index (χ0) is 20.6. The van der Waals surface area contributed by atoms with Gasteiger partial charge in [-0.1, -0.05) is 35.3 Å². The number of hydrogen-bond donors (Lipinski definition) is 2. The van der Waals surface area contributed by atoms with Crippen molar-refractivity contribution in [2.45, 2.75) is 24.7 Å². The van der Waals surface area contributed by atoms with Gasteiger partial charge in [-0.25, -0.2) is 13.1 Å². The van der Waals surface area contributed by atoms with Gasteiger partial charge in [-0.2, -0.15) is 0 Å². The molecule has 0 fully saturated rings. The number of nitrogens with one attached hydrogen (secondary N) is 2. The third-order valence-electron chi connectivity index (χ3n) is 3.84. The van der Waals surface area contributed by atoms with Crippen molar-refractivity contribution in [1.29, 1.82) is 0 Å². The third-order valence-corrected chi connectivity index (χ3v) is 6.17. The highest BCUT2D eigenvalue weighted by Crippen LogP contribution is 2.25. The van der Waals surface area contributed by atoms with Crippen molar-refractivity contribution >= 4 is 39.1 Å². The molecule has 0 saturated carbocycles. The smallest absolute Gasteiger partial charge is 0.240 e. The van der Waals surface area contributed by atoms with E-state index in [9.17, 15) is 13.2 Å². The topological polar surface area (TPSA) is 84.5 Å². The van der Waals surface area contributed by atoms with Crippen LogP contribution < -0.4 is 14.8 Å². The molecule has 0 radical (unpaired) electrons. The standard InChI is InChI=1S/C19H22Cl2N2O4S/c1-2-27-15-6-8-16(9-7-15)28(25,26)23-13-11-18(24)22-12-10-14-4-3-5-17(20)19(14)21/h3-9,23H,2,10-13H2,1H3,(H,22,24). The summed E-state index contributed by atoms with van der Waals surface area (Å²) in [4.78, 5) is 12.0. The summed E-state index contributed by atoms with van der Waals surface area (Å²) in [5, 5.41) is 3.67. The van der Waals surface area contributed by atoms with E-state index in [4.69, 9.17) is 27.9 Å². The van der Waals surface area contributed by atoms with Crippen LogP contribution in [-0.2, 0) is 21.2 Å². The second-order valence-electron chi connectivity index (χ2n) is 5.87. The first kappa shape index (κ1) is 22.5. The van der Waals surface area contributed by atoms with Crippen molar-refractivity contribution in [3.8, 4) is 5.75 Å². The Bertz CT molecular complexity index is 903. The minimum atomic E-state index is -3.68. The summed E-state index contributed by atoms with van der Waals surface area (Å²) in [5.74, 6) is 0.341. The molecule has 2 N–H and O–H groups in total. The van der Waals surface area contributed by atoms with Crippen molar-refractivity contribution in [1.82, 2.24) is 10.0 Å². The molecule has 9 heteroatoms. The lowest BCUT2D eigenvalue weighted by molar-refractivity contribution is -0.120. The van der Waals surface area contributed by atoms with Gasteiger partial charge in [0.25, 0.3) is 0 Å². The summed E-state index contributed by atoms with van der Waals surface area (Å²) in [5.41, 5.74) is 0.839. The van der Waals surface area contributed by atoms with Crippen molar-refractivity contribution in [2.75, 3.05) is 19.7 Å². The molecule has 2 rings (SSSR count). The van der Waals surface area contributed by atoms with E-state index in [0.717, 1.165) is 5.56 Å². The molecule has 152 valence electrons. The molecule has 0 aliphatic rings. The van der Waals surface area contributed by atoms with E-state index in [1.54, 1.807) is 24.3 Å². The number of hydrogen-bond acceptors (Lipinski definition) is 4. The minimum Gasteiger partial charge on any atom is -0.494 e. The van der Waals surface area contributed by atoms with Gasteiger partial charge in [0.1, 0.15) is 5.75 Å². The fourth-order valence-electron chi connectivity index (χ4n) is 2.43. The maximum Gasteiger partial charge on any atom is 0.240 e. The second kappa shape index (κ2) is 10.7.